The van der Waals surface area contributed by atoms with E-state index in [0.29, 0.717) is 6.42 Å². The Bertz CT molecular complexity index is 261. The normalized spacial score (nSPS) is 12.9. The van der Waals surface area contributed by atoms with E-state index in [4.69, 9.17) is 5.11 Å². The number of carboxylic acid groups (broad SMARTS) is 1. The van der Waals surface area contributed by atoms with Gasteiger partial charge in [0.1, 0.15) is 0 Å². The van der Waals surface area contributed by atoms with Crippen molar-refractivity contribution in [2.45, 2.75) is 96.5 Å². The van der Waals surface area contributed by atoms with Crippen LogP contribution in [0.25, 0.3) is 0 Å². The van der Waals surface area contributed by atoms with E-state index >= 15 is 0 Å². The average Bonchev–Trinajstić information content (AvgIpc) is 2.47. The van der Waals surface area contributed by atoms with Gasteiger partial charge in [-0.2, -0.15) is 0 Å². The number of carboxylic acids is 1. The van der Waals surface area contributed by atoms with Gasteiger partial charge in [-0.05, 0) is 32.1 Å². The number of hydrogen-bond donors (Lipinski definition) is 1. The smallest absolute Gasteiger partial charge is 0.0933 e. The van der Waals surface area contributed by atoms with Crippen LogP contribution in [0.5, 0.6) is 0 Å². The van der Waals surface area contributed by atoms with Crippen molar-refractivity contribution in [3.8, 4) is 0 Å². The predicted octanol–water partition coefficient (Wildman–Crippen LogP) is 3.74. The summed E-state index contributed by atoms with van der Waals surface area (Å²) in [5, 5.41) is 19.3. The fourth-order valence-electron chi connectivity index (χ4n) is 2.35. The minimum absolute atomic E-state index is 0.316. The molecule has 0 aromatic rings. The monoisotopic (exact) mass is 297 g/mol. The quantitative estimate of drug-likeness (QED) is 0.370. The molecule has 0 fully saturated rings. The van der Waals surface area contributed by atoms with Crippen LogP contribution in [-0.4, -0.2) is 17.2 Å². The van der Waals surface area contributed by atoms with E-state index < -0.39 is 12.1 Å². The zero-order chi connectivity index (χ0) is 15.8. The Morgan fingerprint density at radius 3 is 1.90 bits per heavy atom. The molecule has 0 bridgehead atoms. The maximum atomic E-state index is 10.3. The van der Waals surface area contributed by atoms with Crippen molar-refractivity contribution in [3.63, 3.8) is 0 Å². The molecule has 0 radical (unpaired) electrons. The van der Waals surface area contributed by atoms with Gasteiger partial charge in [0.2, 0.25) is 0 Å². The number of aliphatic hydroxyl groups excluding tert-OH is 1. The molecule has 0 saturated heterocycles. The molecule has 21 heavy (non-hydrogen) atoms. The number of allylic oxidation sites excluding steroid dienone is 2. The Morgan fingerprint density at radius 2 is 1.38 bits per heavy atom. The van der Waals surface area contributed by atoms with Crippen molar-refractivity contribution in [3.05, 3.63) is 12.2 Å². The van der Waals surface area contributed by atoms with Crippen LogP contribution in [0.15, 0.2) is 12.2 Å². The first-order valence-electron chi connectivity index (χ1n) is 8.72. The van der Waals surface area contributed by atoms with E-state index in [0.717, 1.165) is 32.1 Å². The molecule has 1 unspecified atom stereocenters. The number of aliphatic carboxylic acids is 1. The Balaban J connectivity index is 3.17. The maximum Gasteiger partial charge on any atom is 0.0933 e. The highest BCUT2D eigenvalue weighted by molar-refractivity contribution is 5.69. The van der Waals surface area contributed by atoms with Crippen LogP contribution in [0, 0.1) is 0 Å². The Morgan fingerprint density at radius 1 is 0.905 bits per heavy atom. The van der Waals surface area contributed by atoms with Gasteiger partial charge in [-0.25, -0.2) is 0 Å². The van der Waals surface area contributed by atoms with Crippen molar-refractivity contribution in [1.29, 1.82) is 0 Å². The second-order valence-corrected chi connectivity index (χ2v) is 5.85. The molecule has 0 aliphatic rings. The summed E-state index contributed by atoms with van der Waals surface area (Å²) in [6.07, 6.45) is 18.0. The lowest BCUT2D eigenvalue weighted by molar-refractivity contribution is -0.315. The SMILES string of the molecule is CCCCCCCC/C=C\CCCCCCC(O)C(=O)[O-]. The van der Waals surface area contributed by atoms with Gasteiger partial charge >= 0.3 is 0 Å². The van der Waals surface area contributed by atoms with Crippen molar-refractivity contribution >= 4 is 5.97 Å². The molecule has 1 N–H and O–H groups in total. The van der Waals surface area contributed by atoms with E-state index in [-0.39, 0.29) is 0 Å². The standard InChI is InChI=1S/C18H34O3/c1-2-3-4-5-6-7-8-9-10-11-12-13-14-15-16-17(19)18(20)21/h9-10,17,19H,2-8,11-16H2,1H3,(H,20,21)/p-1/b10-9-. The number of carbonyl (C=O) groups is 1. The second-order valence-electron chi connectivity index (χ2n) is 5.85. The van der Waals surface area contributed by atoms with E-state index in [9.17, 15) is 9.90 Å². The van der Waals surface area contributed by atoms with E-state index in [1.807, 2.05) is 0 Å². The van der Waals surface area contributed by atoms with Crippen LogP contribution in [0.2, 0.25) is 0 Å². The molecule has 124 valence electrons. The average molecular weight is 297 g/mol. The number of carbonyl (C=O) groups excluding carboxylic acids is 1. The van der Waals surface area contributed by atoms with Crippen LogP contribution in [0.4, 0.5) is 0 Å². The largest absolute Gasteiger partial charge is 0.547 e. The molecule has 0 aliphatic carbocycles. The Hall–Kier alpha value is -0.830. The van der Waals surface area contributed by atoms with Gasteiger partial charge < -0.3 is 15.0 Å². The molecule has 0 aromatic heterocycles. The molecule has 0 aromatic carbocycles. The zero-order valence-corrected chi connectivity index (χ0v) is 13.7. The summed E-state index contributed by atoms with van der Waals surface area (Å²) >= 11 is 0. The van der Waals surface area contributed by atoms with Crippen LogP contribution in [0.1, 0.15) is 90.4 Å². The second kappa shape index (κ2) is 15.6. The lowest BCUT2D eigenvalue weighted by atomic mass is 10.1. The molecular weight excluding hydrogens is 264 g/mol. The highest BCUT2D eigenvalue weighted by Gasteiger charge is 2.03. The molecular formula is C18H33O3-. The van der Waals surface area contributed by atoms with Crippen LogP contribution in [-0.2, 0) is 4.79 Å². The molecule has 3 heteroatoms. The minimum Gasteiger partial charge on any atom is -0.547 e. The van der Waals surface area contributed by atoms with Gasteiger partial charge in [0, 0.05) is 0 Å². The molecule has 0 spiro atoms. The summed E-state index contributed by atoms with van der Waals surface area (Å²) in [5.41, 5.74) is 0. The third kappa shape index (κ3) is 15.4. The van der Waals surface area contributed by atoms with E-state index in [2.05, 4.69) is 19.1 Å². The highest BCUT2D eigenvalue weighted by Crippen LogP contribution is 2.09. The molecule has 0 saturated carbocycles. The first-order chi connectivity index (χ1) is 10.2. The zero-order valence-electron chi connectivity index (χ0n) is 13.7. The van der Waals surface area contributed by atoms with Crippen LogP contribution in [0.3, 0.4) is 0 Å². The molecule has 1 atom stereocenters. The fraction of sp³-hybridized carbons (Fsp3) is 0.833. The molecule has 0 rings (SSSR count). The number of aliphatic hydroxyl groups is 1. The Kier molecular flexibility index (Phi) is 14.9. The van der Waals surface area contributed by atoms with Gasteiger partial charge in [0.05, 0.1) is 12.1 Å². The van der Waals surface area contributed by atoms with Crippen molar-refractivity contribution in [1.82, 2.24) is 0 Å². The summed E-state index contributed by atoms with van der Waals surface area (Å²) < 4.78 is 0. The topological polar surface area (TPSA) is 60.4 Å². The predicted molar refractivity (Wildman–Crippen MR) is 85.8 cm³/mol. The lowest BCUT2D eigenvalue weighted by Crippen LogP contribution is -2.35. The van der Waals surface area contributed by atoms with Gasteiger partial charge in [0.25, 0.3) is 0 Å². The van der Waals surface area contributed by atoms with E-state index in [1.165, 1.54) is 44.9 Å². The van der Waals surface area contributed by atoms with Crippen molar-refractivity contribution < 1.29 is 15.0 Å². The first-order valence-corrected chi connectivity index (χ1v) is 8.72. The third-order valence-corrected chi connectivity index (χ3v) is 3.76. The summed E-state index contributed by atoms with van der Waals surface area (Å²) in [5.74, 6) is -1.35. The highest BCUT2D eigenvalue weighted by atomic mass is 16.4. The summed E-state index contributed by atoms with van der Waals surface area (Å²) in [6.45, 7) is 2.24. The maximum absolute atomic E-state index is 10.3. The van der Waals surface area contributed by atoms with Crippen molar-refractivity contribution in [2.24, 2.45) is 0 Å². The molecule has 0 aliphatic heterocycles. The van der Waals surface area contributed by atoms with Gasteiger partial charge in [0.15, 0.2) is 0 Å². The van der Waals surface area contributed by atoms with Crippen LogP contribution < -0.4 is 5.11 Å². The molecule has 3 nitrogen and oxygen atoms in total. The summed E-state index contributed by atoms with van der Waals surface area (Å²) in [7, 11) is 0. The minimum atomic E-state index is -1.35. The van der Waals surface area contributed by atoms with Crippen LogP contribution >= 0.6 is 0 Å². The van der Waals surface area contributed by atoms with Gasteiger partial charge in [-0.1, -0.05) is 70.4 Å². The lowest BCUT2D eigenvalue weighted by Gasteiger charge is -2.10. The summed E-state index contributed by atoms with van der Waals surface area (Å²) in [4.78, 5) is 10.3. The number of unbranched alkanes of at least 4 members (excludes halogenated alkanes) is 10. The van der Waals surface area contributed by atoms with E-state index in [1.54, 1.807) is 0 Å². The number of hydrogen-bond acceptors (Lipinski definition) is 3. The van der Waals surface area contributed by atoms with Crippen molar-refractivity contribution in [2.75, 3.05) is 0 Å². The Labute approximate surface area is 130 Å². The number of rotatable bonds is 15. The molecule has 0 heterocycles. The third-order valence-electron chi connectivity index (χ3n) is 3.76. The van der Waals surface area contributed by atoms with Gasteiger partial charge in [-0.3, -0.25) is 0 Å². The fourth-order valence-corrected chi connectivity index (χ4v) is 2.35. The van der Waals surface area contributed by atoms with Gasteiger partial charge in [-0.15, -0.1) is 0 Å². The molecule has 0 amide bonds. The summed E-state index contributed by atoms with van der Waals surface area (Å²) in [6, 6.07) is 0. The first kappa shape index (κ1) is 20.2.